The van der Waals surface area contributed by atoms with Gasteiger partial charge in [-0.05, 0) is 24.1 Å². The van der Waals surface area contributed by atoms with Crippen LogP contribution >= 0.6 is 0 Å². The van der Waals surface area contributed by atoms with Crippen molar-refractivity contribution in [2.24, 2.45) is 5.73 Å². The Morgan fingerprint density at radius 2 is 2.21 bits per heavy atom. The van der Waals surface area contributed by atoms with Crippen molar-refractivity contribution in [2.75, 3.05) is 11.9 Å². The molecule has 0 radical (unpaired) electrons. The highest BCUT2D eigenvalue weighted by atomic mass is 16.2. The normalized spacial score (nSPS) is 17.1. The van der Waals surface area contributed by atoms with Crippen molar-refractivity contribution in [3.05, 3.63) is 29.3 Å². The smallest absolute Gasteiger partial charge is 0.231 e. The van der Waals surface area contributed by atoms with E-state index in [1.54, 1.807) is 11.9 Å². The Bertz CT molecular complexity index is 385. The number of likely N-dealkylation sites (N-methyl/N-ethyl adjacent to an activating group) is 1. The average molecular weight is 190 g/mol. The third-order valence-electron chi connectivity index (χ3n) is 2.71. The number of benzene rings is 1. The Morgan fingerprint density at radius 1 is 1.50 bits per heavy atom. The molecule has 0 aromatic heterocycles. The van der Waals surface area contributed by atoms with Crippen LogP contribution in [0, 0.1) is 0 Å². The maximum Gasteiger partial charge on any atom is 0.231 e. The van der Waals surface area contributed by atoms with Crippen LogP contribution in [0.4, 0.5) is 5.69 Å². The predicted molar refractivity (Wildman–Crippen MR) is 56.2 cm³/mol. The fraction of sp³-hybridized carbons (Fsp3) is 0.364. The fourth-order valence-corrected chi connectivity index (χ4v) is 1.77. The lowest BCUT2D eigenvalue weighted by Crippen LogP contribution is -2.20. The van der Waals surface area contributed by atoms with E-state index in [4.69, 9.17) is 5.73 Å². The van der Waals surface area contributed by atoms with Crippen LogP contribution in [0.1, 0.15) is 24.1 Å². The van der Waals surface area contributed by atoms with Crippen LogP contribution in [0.2, 0.25) is 0 Å². The highest BCUT2D eigenvalue weighted by Crippen LogP contribution is 2.29. The summed E-state index contributed by atoms with van der Waals surface area (Å²) in [4.78, 5) is 13.1. The summed E-state index contributed by atoms with van der Waals surface area (Å²) in [6.07, 6.45) is 0.506. The maximum absolute atomic E-state index is 11.4. The summed E-state index contributed by atoms with van der Waals surface area (Å²) in [7, 11) is 1.81. The van der Waals surface area contributed by atoms with Gasteiger partial charge < -0.3 is 10.6 Å². The van der Waals surface area contributed by atoms with Crippen LogP contribution in [-0.4, -0.2) is 13.0 Å². The van der Waals surface area contributed by atoms with Gasteiger partial charge in [0.2, 0.25) is 5.91 Å². The highest BCUT2D eigenvalue weighted by molar-refractivity contribution is 6.00. The minimum atomic E-state index is 0.0290. The molecule has 1 heterocycles. The summed E-state index contributed by atoms with van der Waals surface area (Å²) in [6.45, 7) is 1.95. The molecule has 1 amide bonds. The summed E-state index contributed by atoms with van der Waals surface area (Å²) in [6, 6.07) is 6.01. The summed E-state index contributed by atoms with van der Waals surface area (Å²) in [5.74, 6) is 0.154. The summed E-state index contributed by atoms with van der Waals surface area (Å²) in [5.41, 5.74) is 8.97. The first-order chi connectivity index (χ1) is 6.59. The van der Waals surface area contributed by atoms with Gasteiger partial charge in [-0.15, -0.1) is 0 Å². The molecule has 0 saturated heterocycles. The molecule has 2 rings (SSSR count). The van der Waals surface area contributed by atoms with Crippen molar-refractivity contribution in [1.29, 1.82) is 0 Å². The molecule has 1 aromatic carbocycles. The van der Waals surface area contributed by atoms with E-state index in [-0.39, 0.29) is 11.9 Å². The number of nitrogens with two attached hydrogens (primary N) is 1. The SMILES string of the molecule is C[C@@H](N)c1ccc2c(c1)CC(=O)N2C. The number of carbonyl (C=O) groups excluding carboxylic acids is 1. The number of hydrogen-bond acceptors (Lipinski definition) is 2. The molecule has 0 unspecified atom stereocenters. The number of carbonyl (C=O) groups is 1. The topological polar surface area (TPSA) is 46.3 Å². The predicted octanol–water partition coefficient (Wildman–Crippen LogP) is 1.23. The van der Waals surface area contributed by atoms with E-state index in [0.717, 1.165) is 16.8 Å². The van der Waals surface area contributed by atoms with Crippen LogP contribution < -0.4 is 10.6 Å². The Balaban J connectivity index is 2.44. The summed E-state index contributed by atoms with van der Waals surface area (Å²) < 4.78 is 0. The lowest BCUT2D eigenvalue weighted by Gasteiger charge is -2.11. The van der Waals surface area contributed by atoms with E-state index in [1.807, 2.05) is 25.1 Å². The van der Waals surface area contributed by atoms with Crippen LogP contribution in [0.3, 0.4) is 0 Å². The third kappa shape index (κ3) is 1.30. The lowest BCUT2D eigenvalue weighted by molar-refractivity contribution is -0.117. The molecule has 3 heteroatoms. The van der Waals surface area contributed by atoms with Crippen LogP contribution in [0.25, 0.3) is 0 Å². The Kier molecular flexibility index (Phi) is 2.04. The fourth-order valence-electron chi connectivity index (χ4n) is 1.77. The lowest BCUT2D eigenvalue weighted by atomic mass is 10.0. The molecule has 1 aliphatic heterocycles. The van der Waals surface area contributed by atoms with Crippen LogP contribution in [0.5, 0.6) is 0 Å². The quantitative estimate of drug-likeness (QED) is 0.723. The van der Waals surface area contributed by atoms with Gasteiger partial charge in [-0.25, -0.2) is 0 Å². The van der Waals surface area contributed by atoms with Gasteiger partial charge in [0, 0.05) is 18.8 Å². The molecule has 74 valence electrons. The number of anilines is 1. The summed E-state index contributed by atoms with van der Waals surface area (Å²) >= 11 is 0. The minimum Gasteiger partial charge on any atom is -0.324 e. The molecule has 14 heavy (non-hydrogen) atoms. The zero-order valence-corrected chi connectivity index (χ0v) is 8.45. The average Bonchev–Trinajstić information content (AvgIpc) is 2.42. The van der Waals surface area contributed by atoms with E-state index in [1.165, 1.54) is 0 Å². The van der Waals surface area contributed by atoms with Crippen molar-refractivity contribution in [3.8, 4) is 0 Å². The van der Waals surface area contributed by atoms with Gasteiger partial charge in [0.25, 0.3) is 0 Å². The molecule has 1 aromatic rings. The number of hydrogen-bond donors (Lipinski definition) is 1. The molecule has 3 nitrogen and oxygen atoms in total. The first-order valence-electron chi connectivity index (χ1n) is 4.74. The number of fused-ring (bicyclic) bond motifs is 1. The molecular weight excluding hydrogens is 176 g/mol. The van der Waals surface area contributed by atoms with Gasteiger partial charge in [0.05, 0.1) is 6.42 Å². The van der Waals surface area contributed by atoms with Crippen molar-refractivity contribution in [2.45, 2.75) is 19.4 Å². The largest absolute Gasteiger partial charge is 0.324 e. The second kappa shape index (κ2) is 3.10. The maximum atomic E-state index is 11.4. The van der Waals surface area contributed by atoms with Crippen molar-refractivity contribution < 1.29 is 4.79 Å². The van der Waals surface area contributed by atoms with E-state index in [2.05, 4.69) is 0 Å². The molecule has 0 aliphatic carbocycles. The molecule has 1 aliphatic rings. The first kappa shape index (κ1) is 9.21. The molecule has 0 fully saturated rings. The van der Waals surface area contributed by atoms with Crippen LogP contribution in [0.15, 0.2) is 18.2 Å². The number of rotatable bonds is 1. The Labute approximate surface area is 83.5 Å². The zero-order valence-electron chi connectivity index (χ0n) is 8.45. The Hall–Kier alpha value is -1.35. The van der Waals surface area contributed by atoms with Gasteiger partial charge in [0.15, 0.2) is 0 Å². The van der Waals surface area contributed by atoms with E-state index >= 15 is 0 Å². The van der Waals surface area contributed by atoms with Gasteiger partial charge in [-0.1, -0.05) is 12.1 Å². The Morgan fingerprint density at radius 3 is 2.86 bits per heavy atom. The van der Waals surface area contributed by atoms with Crippen molar-refractivity contribution in [3.63, 3.8) is 0 Å². The molecule has 0 bridgehead atoms. The van der Waals surface area contributed by atoms with Gasteiger partial charge >= 0.3 is 0 Å². The van der Waals surface area contributed by atoms with Crippen molar-refractivity contribution >= 4 is 11.6 Å². The second-order valence-electron chi connectivity index (χ2n) is 3.81. The van der Waals surface area contributed by atoms with Gasteiger partial charge in [0.1, 0.15) is 0 Å². The van der Waals surface area contributed by atoms with E-state index in [0.29, 0.717) is 6.42 Å². The highest BCUT2D eigenvalue weighted by Gasteiger charge is 2.23. The zero-order chi connectivity index (χ0) is 10.3. The van der Waals surface area contributed by atoms with E-state index < -0.39 is 0 Å². The molecule has 2 N–H and O–H groups in total. The third-order valence-corrected chi connectivity index (χ3v) is 2.71. The molecular formula is C11H14N2O. The number of amides is 1. The second-order valence-corrected chi connectivity index (χ2v) is 3.81. The molecule has 0 spiro atoms. The first-order valence-corrected chi connectivity index (χ1v) is 4.74. The van der Waals surface area contributed by atoms with Gasteiger partial charge in [-0.3, -0.25) is 4.79 Å². The number of nitrogens with zero attached hydrogens (tertiary/aromatic N) is 1. The standard InChI is InChI=1S/C11H14N2O/c1-7(12)8-3-4-10-9(5-8)6-11(14)13(10)2/h3-5,7H,6,12H2,1-2H3/t7-/m1/s1. The summed E-state index contributed by atoms with van der Waals surface area (Å²) in [5, 5.41) is 0. The monoisotopic (exact) mass is 190 g/mol. The molecule has 0 saturated carbocycles. The van der Waals surface area contributed by atoms with E-state index in [9.17, 15) is 4.79 Å². The minimum absolute atomic E-state index is 0.0290. The molecule has 1 atom stereocenters. The van der Waals surface area contributed by atoms with Crippen molar-refractivity contribution in [1.82, 2.24) is 0 Å². The van der Waals surface area contributed by atoms with Gasteiger partial charge in [-0.2, -0.15) is 0 Å². The van der Waals surface area contributed by atoms with Crippen LogP contribution in [-0.2, 0) is 11.2 Å².